The van der Waals surface area contributed by atoms with Crippen molar-refractivity contribution in [1.82, 2.24) is 4.57 Å². The van der Waals surface area contributed by atoms with Gasteiger partial charge in [-0.05, 0) is 25.1 Å². The number of ether oxygens (including phenoxy) is 1. The van der Waals surface area contributed by atoms with Crippen molar-refractivity contribution < 1.29 is 9.53 Å². The van der Waals surface area contributed by atoms with Crippen LogP contribution in [0, 0.1) is 6.92 Å². The number of ketones is 1. The van der Waals surface area contributed by atoms with E-state index in [9.17, 15) is 4.79 Å². The summed E-state index contributed by atoms with van der Waals surface area (Å²) in [5.74, 6) is 0.603. The van der Waals surface area contributed by atoms with Crippen LogP contribution in [0.15, 0.2) is 48.7 Å². The Bertz CT molecular complexity index is 830. The highest BCUT2D eigenvalue weighted by atomic mass is 16.5. The molecule has 0 atom stereocenters. The Kier molecular flexibility index (Phi) is 3.26. The molecule has 0 saturated heterocycles. The average molecular weight is 279 g/mol. The molecule has 0 aliphatic rings. The number of carbonyl (C=O) groups is 1. The lowest BCUT2D eigenvalue weighted by molar-refractivity contribution is 0.103. The van der Waals surface area contributed by atoms with Gasteiger partial charge in [-0.2, -0.15) is 0 Å². The van der Waals surface area contributed by atoms with Gasteiger partial charge in [0.05, 0.1) is 12.7 Å². The summed E-state index contributed by atoms with van der Waals surface area (Å²) in [4.78, 5) is 12.9. The molecule has 0 saturated carbocycles. The largest absolute Gasteiger partial charge is 0.496 e. The van der Waals surface area contributed by atoms with E-state index in [0.717, 1.165) is 16.5 Å². The molecule has 0 aliphatic heterocycles. The van der Waals surface area contributed by atoms with E-state index >= 15 is 0 Å². The molecule has 3 nitrogen and oxygen atoms in total. The van der Waals surface area contributed by atoms with E-state index < -0.39 is 0 Å². The van der Waals surface area contributed by atoms with Crippen LogP contribution in [0.3, 0.4) is 0 Å². The van der Waals surface area contributed by atoms with Gasteiger partial charge >= 0.3 is 0 Å². The highest BCUT2D eigenvalue weighted by Crippen LogP contribution is 2.27. The van der Waals surface area contributed by atoms with Crippen LogP contribution in [0.1, 0.15) is 21.5 Å². The van der Waals surface area contributed by atoms with E-state index in [1.807, 2.05) is 67.2 Å². The lowest BCUT2D eigenvalue weighted by Gasteiger charge is -2.08. The van der Waals surface area contributed by atoms with Crippen molar-refractivity contribution >= 4 is 16.7 Å². The summed E-state index contributed by atoms with van der Waals surface area (Å²) < 4.78 is 7.31. The Hall–Kier alpha value is -2.55. The molecule has 0 spiro atoms. The van der Waals surface area contributed by atoms with Crippen molar-refractivity contribution in [3.8, 4) is 5.75 Å². The van der Waals surface area contributed by atoms with E-state index in [4.69, 9.17) is 4.74 Å². The van der Waals surface area contributed by atoms with Crippen LogP contribution in [0.2, 0.25) is 0 Å². The van der Waals surface area contributed by atoms with E-state index in [1.165, 1.54) is 0 Å². The predicted molar refractivity (Wildman–Crippen MR) is 84.1 cm³/mol. The van der Waals surface area contributed by atoms with Gasteiger partial charge in [-0.1, -0.05) is 29.8 Å². The number of hydrogen-bond donors (Lipinski definition) is 0. The minimum Gasteiger partial charge on any atom is -0.496 e. The number of rotatable bonds is 3. The number of aryl methyl sites for hydroxylation is 2. The van der Waals surface area contributed by atoms with Gasteiger partial charge in [0.15, 0.2) is 5.78 Å². The molecule has 0 fully saturated rings. The fourth-order valence-electron chi connectivity index (χ4n) is 2.67. The number of para-hydroxylation sites is 1. The molecule has 0 aliphatic carbocycles. The third kappa shape index (κ3) is 2.21. The van der Waals surface area contributed by atoms with Gasteiger partial charge in [0.2, 0.25) is 0 Å². The first kappa shape index (κ1) is 13.4. The normalized spacial score (nSPS) is 10.8. The smallest absolute Gasteiger partial charge is 0.198 e. The summed E-state index contributed by atoms with van der Waals surface area (Å²) >= 11 is 0. The molecule has 3 aromatic rings. The zero-order valence-electron chi connectivity index (χ0n) is 12.4. The molecule has 0 N–H and O–H groups in total. The first-order valence-corrected chi connectivity index (χ1v) is 6.85. The number of nitrogens with zero attached hydrogens (tertiary/aromatic N) is 1. The average Bonchev–Trinajstić information content (AvgIpc) is 2.84. The van der Waals surface area contributed by atoms with Crippen LogP contribution in [0.5, 0.6) is 5.75 Å². The van der Waals surface area contributed by atoms with Gasteiger partial charge in [0, 0.05) is 29.7 Å². The van der Waals surface area contributed by atoms with Crippen molar-refractivity contribution in [3.63, 3.8) is 0 Å². The summed E-state index contributed by atoms with van der Waals surface area (Å²) in [5.41, 5.74) is 3.40. The van der Waals surface area contributed by atoms with E-state index in [0.29, 0.717) is 16.9 Å². The van der Waals surface area contributed by atoms with E-state index in [2.05, 4.69) is 0 Å². The highest BCUT2D eigenvalue weighted by Gasteiger charge is 2.19. The van der Waals surface area contributed by atoms with Crippen LogP contribution in [-0.2, 0) is 7.05 Å². The summed E-state index contributed by atoms with van der Waals surface area (Å²) in [6.45, 7) is 1.97. The van der Waals surface area contributed by atoms with Crippen LogP contribution in [0.25, 0.3) is 10.9 Å². The molecular weight excluding hydrogens is 262 g/mol. The monoisotopic (exact) mass is 279 g/mol. The quantitative estimate of drug-likeness (QED) is 0.684. The maximum absolute atomic E-state index is 12.9. The Morgan fingerprint density at radius 3 is 2.62 bits per heavy atom. The molecule has 0 bridgehead atoms. The number of benzene rings is 2. The molecule has 2 aromatic carbocycles. The van der Waals surface area contributed by atoms with Crippen LogP contribution in [0.4, 0.5) is 0 Å². The van der Waals surface area contributed by atoms with Crippen molar-refractivity contribution in [1.29, 1.82) is 0 Å². The van der Waals surface area contributed by atoms with Crippen molar-refractivity contribution in [2.75, 3.05) is 7.11 Å². The lowest BCUT2D eigenvalue weighted by atomic mass is 10.00. The van der Waals surface area contributed by atoms with Crippen molar-refractivity contribution in [2.45, 2.75) is 6.92 Å². The highest BCUT2D eigenvalue weighted by molar-refractivity contribution is 6.17. The van der Waals surface area contributed by atoms with Crippen molar-refractivity contribution in [3.05, 3.63) is 65.4 Å². The fourth-order valence-corrected chi connectivity index (χ4v) is 2.67. The molecule has 0 radical (unpaired) electrons. The molecule has 106 valence electrons. The summed E-state index contributed by atoms with van der Waals surface area (Å²) in [5, 5.41) is 0.966. The van der Waals surface area contributed by atoms with Gasteiger partial charge in [-0.25, -0.2) is 0 Å². The summed E-state index contributed by atoms with van der Waals surface area (Å²) in [6.07, 6.45) is 1.88. The first-order chi connectivity index (χ1) is 10.1. The molecule has 0 amide bonds. The molecule has 21 heavy (non-hydrogen) atoms. The van der Waals surface area contributed by atoms with Crippen LogP contribution >= 0.6 is 0 Å². The molecule has 0 unspecified atom stereocenters. The number of methoxy groups -OCH3 is 1. The number of hydrogen-bond acceptors (Lipinski definition) is 2. The molecule has 1 heterocycles. The second-order valence-electron chi connectivity index (χ2n) is 5.20. The van der Waals surface area contributed by atoms with Gasteiger partial charge in [-0.3, -0.25) is 4.79 Å². The SMILES string of the molecule is COc1ccc(C)cc1C(=O)c1cn(C)c2ccccc12. The fraction of sp³-hybridized carbons (Fsp3) is 0.167. The van der Waals surface area contributed by atoms with E-state index in [1.54, 1.807) is 7.11 Å². The topological polar surface area (TPSA) is 31.2 Å². The summed E-state index contributed by atoms with van der Waals surface area (Å²) in [6, 6.07) is 13.6. The Labute approximate surface area is 123 Å². The van der Waals surface area contributed by atoms with E-state index in [-0.39, 0.29) is 5.78 Å². The third-order valence-corrected chi connectivity index (χ3v) is 3.74. The predicted octanol–water partition coefficient (Wildman–Crippen LogP) is 3.73. The second kappa shape index (κ2) is 5.09. The molecular formula is C18H17NO2. The number of carbonyl (C=O) groups excluding carboxylic acids is 1. The van der Waals surface area contributed by atoms with Gasteiger partial charge in [-0.15, -0.1) is 0 Å². The Morgan fingerprint density at radius 1 is 1.10 bits per heavy atom. The maximum Gasteiger partial charge on any atom is 0.198 e. The van der Waals surface area contributed by atoms with Gasteiger partial charge in [0.25, 0.3) is 0 Å². The van der Waals surface area contributed by atoms with Crippen LogP contribution in [-0.4, -0.2) is 17.5 Å². The minimum absolute atomic E-state index is 0.00708. The van der Waals surface area contributed by atoms with Crippen molar-refractivity contribution in [2.24, 2.45) is 7.05 Å². The number of aromatic nitrogens is 1. The minimum atomic E-state index is -0.00708. The number of fused-ring (bicyclic) bond motifs is 1. The van der Waals surface area contributed by atoms with Gasteiger partial charge in [0.1, 0.15) is 5.75 Å². The summed E-state index contributed by atoms with van der Waals surface area (Å²) in [7, 11) is 3.54. The molecule has 3 rings (SSSR count). The first-order valence-electron chi connectivity index (χ1n) is 6.85. The maximum atomic E-state index is 12.9. The lowest BCUT2D eigenvalue weighted by Crippen LogP contribution is -2.04. The standard InChI is InChI=1S/C18H17NO2/c1-12-8-9-17(21-3)14(10-12)18(20)15-11-19(2)16-7-5-4-6-13(15)16/h4-11H,1-3H3. The Balaban J connectivity index is 2.20. The van der Waals surface area contributed by atoms with Crippen LogP contribution < -0.4 is 4.74 Å². The van der Waals surface area contributed by atoms with Gasteiger partial charge < -0.3 is 9.30 Å². The Morgan fingerprint density at radius 2 is 1.86 bits per heavy atom. The molecule has 3 heteroatoms. The zero-order valence-corrected chi connectivity index (χ0v) is 12.4. The second-order valence-corrected chi connectivity index (χ2v) is 5.20. The third-order valence-electron chi connectivity index (χ3n) is 3.74. The zero-order chi connectivity index (χ0) is 15.0. The molecule has 1 aromatic heterocycles.